The molecule has 0 radical (unpaired) electrons. The van der Waals surface area contributed by atoms with Crippen molar-refractivity contribution in [1.82, 2.24) is 14.4 Å². The molecule has 0 aliphatic carbocycles. The summed E-state index contributed by atoms with van der Waals surface area (Å²) < 4.78 is 21.3. The summed E-state index contributed by atoms with van der Waals surface area (Å²) in [6, 6.07) is 12.9. The van der Waals surface area contributed by atoms with Crippen molar-refractivity contribution in [2.45, 2.75) is 19.8 Å². The van der Waals surface area contributed by atoms with Crippen molar-refractivity contribution in [1.29, 1.82) is 0 Å². The minimum atomic E-state index is -0.225. The summed E-state index contributed by atoms with van der Waals surface area (Å²) in [6.45, 7) is 2.85. The van der Waals surface area contributed by atoms with E-state index in [1.165, 1.54) is 6.07 Å². The van der Waals surface area contributed by atoms with Gasteiger partial charge in [0.2, 0.25) is 5.88 Å². The number of hydrogen-bond donors (Lipinski definition) is 0. The summed E-state index contributed by atoms with van der Waals surface area (Å²) in [4.78, 5) is 11.3. The maximum atomic E-state index is 14.0. The van der Waals surface area contributed by atoms with Gasteiger partial charge in [-0.15, -0.1) is 0 Å². The van der Waals surface area contributed by atoms with Crippen molar-refractivity contribution in [3.05, 3.63) is 71.9 Å². The summed E-state index contributed by atoms with van der Waals surface area (Å²) in [6.07, 6.45) is 5.79. The number of aromatic nitrogens is 3. The van der Waals surface area contributed by atoms with Gasteiger partial charge in [-0.25, -0.2) is 14.4 Å². The number of pyridine rings is 2. The second-order valence-corrected chi connectivity index (χ2v) is 7.30. The fourth-order valence-electron chi connectivity index (χ4n) is 4.00. The first kappa shape index (κ1) is 17.7. The lowest BCUT2D eigenvalue weighted by molar-refractivity contribution is 0.398. The zero-order valence-corrected chi connectivity index (χ0v) is 16.4. The van der Waals surface area contributed by atoms with E-state index in [-0.39, 0.29) is 5.82 Å². The Labute approximate surface area is 168 Å². The molecule has 0 saturated heterocycles. The molecule has 0 atom stereocenters. The first-order valence-electron chi connectivity index (χ1n) is 9.69. The van der Waals surface area contributed by atoms with Gasteiger partial charge in [-0.3, -0.25) is 4.40 Å². The second kappa shape index (κ2) is 6.88. The summed E-state index contributed by atoms with van der Waals surface area (Å²) in [7, 11) is 1.61. The Kier molecular flexibility index (Phi) is 4.19. The molecule has 1 aromatic carbocycles. The molecule has 0 saturated carbocycles. The predicted octanol–water partition coefficient (Wildman–Crippen LogP) is 4.94. The molecule has 1 aliphatic heterocycles. The van der Waals surface area contributed by atoms with Crippen LogP contribution < -0.4 is 9.64 Å². The number of hydrogen-bond acceptors (Lipinski definition) is 4. The van der Waals surface area contributed by atoms with Gasteiger partial charge in [0.15, 0.2) is 0 Å². The van der Waals surface area contributed by atoms with Crippen LogP contribution in [0.25, 0.3) is 16.8 Å². The van der Waals surface area contributed by atoms with Gasteiger partial charge in [-0.2, -0.15) is 0 Å². The number of imidazole rings is 1. The third-order valence-electron chi connectivity index (χ3n) is 5.45. The molecule has 0 fully saturated rings. The highest BCUT2D eigenvalue weighted by molar-refractivity contribution is 5.72. The number of anilines is 2. The Bertz CT molecular complexity index is 1200. The van der Waals surface area contributed by atoms with E-state index < -0.39 is 0 Å². The minimum absolute atomic E-state index is 0.225. The quantitative estimate of drug-likeness (QED) is 0.499. The average molecular weight is 388 g/mol. The molecule has 0 N–H and O–H groups in total. The van der Waals surface area contributed by atoms with Gasteiger partial charge in [-0.1, -0.05) is 6.07 Å². The van der Waals surface area contributed by atoms with Crippen LogP contribution >= 0.6 is 0 Å². The van der Waals surface area contributed by atoms with Crippen LogP contribution in [-0.4, -0.2) is 28.0 Å². The Hall–Kier alpha value is -3.41. The number of rotatable bonds is 3. The van der Waals surface area contributed by atoms with E-state index in [1.807, 2.05) is 31.2 Å². The lowest BCUT2D eigenvalue weighted by Crippen LogP contribution is -2.26. The number of halogens is 1. The first-order valence-corrected chi connectivity index (χ1v) is 9.69. The van der Waals surface area contributed by atoms with Crippen LogP contribution in [-0.2, 0) is 6.42 Å². The number of methoxy groups -OCH3 is 1. The zero-order chi connectivity index (χ0) is 20.0. The molecule has 5 rings (SSSR count). The number of fused-ring (bicyclic) bond motifs is 3. The first-order chi connectivity index (χ1) is 14.1. The number of ether oxygens (including phenoxy) is 1. The topological polar surface area (TPSA) is 42.7 Å². The Morgan fingerprint density at radius 3 is 2.72 bits per heavy atom. The average Bonchev–Trinajstić information content (AvgIpc) is 3.13. The number of benzene rings is 1. The van der Waals surface area contributed by atoms with Crippen molar-refractivity contribution in [2.75, 3.05) is 18.6 Å². The molecule has 146 valence electrons. The van der Waals surface area contributed by atoms with Crippen molar-refractivity contribution in [2.24, 2.45) is 0 Å². The third-order valence-corrected chi connectivity index (χ3v) is 5.45. The summed E-state index contributed by atoms with van der Waals surface area (Å²) in [5.41, 5.74) is 5.91. The standard InChI is InChI=1S/C23H21FN4O/c1-15-5-8-18(24)12-20(15)27-11-3-4-19-23(27)28-14-17(6-9-21(28)26-19)16-7-10-22(29-2)25-13-16/h5-10,12-14H,3-4,11H2,1-2H3. The zero-order valence-electron chi connectivity index (χ0n) is 16.4. The molecule has 4 heterocycles. The van der Waals surface area contributed by atoms with Gasteiger partial charge in [0, 0.05) is 41.8 Å². The molecule has 29 heavy (non-hydrogen) atoms. The van der Waals surface area contributed by atoms with Gasteiger partial charge in [0.05, 0.1) is 12.8 Å². The van der Waals surface area contributed by atoms with E-state index in [0.717, 1.165) is 58.9 Å². The van der Waals surface area contributed by atoms with Gasteiger partial charge in [0.25, 0.3) is 0 Å². The molecule has 0 spiro atoms. The second-order valence-electron chi connectivity index (χ2n) is 7.30. The Morgan fingerprint density at radius 2 is 1.93 bits per heavy atom. The van der Waals surface area contributed by atoms with Crippen molar-refractivity contribution < 1.29 is 9.13 Å². The van der Waals surface area contributed by atoms with E-state index in [9.17, 15) is 4.39 Å². The van der Waals surface area contributed by atoms with Crippen molar-refractivity contribution in [3.63, 3.8) is 0 Å². The molecule has 3 aromatic heterocycles. The minimum Gasteiger partial charge on any atom is -0.481 e. The van der Waals surface area contributed by atoms with Gasteiger partial charge >= 0.3 is 0 Å². The van der Waals surface area contributed by atoms with Crippen LogP contribution in [0.3, 0.4) is 0 Å². The SMILES string of the molecule is COc1ccc(-c2ccc3nc4c(n3c2)N(c2cc(F)ccc2C)CCC4)cn1. The lowest BCUT2D eigenvalue weighted by atomic mass is 10.1. The monoisotopic (exact) mass is 388 g/mol. The van der Waals surface area contributed by atoms with Crippen LogP contribution in [0.4, 0.5) is 15.9 Å². The van der Waals surface area contributed by atoms with Gasteiger partial charge < -0.3 is 9.64 Å². The molecular weight excluding hydrogens is 367 g/mol. The van der Waals surface area contributed by atoms with Gasteiger partial charge in [0.1, 0.15) is 17.3 Å². The summed E-state index contributed by atoms with van der Waals surface area (Å²) in [5.74, 6) is 1.38. The van der Waals surface area contributed by atoms with Crippen LogP contribution in [0.2, 0.25) is 0 Å². The molecule has 6 heteroatoms. The fourth-order valence-corrected chi connectivity index (χ4v) is 4.00. The third kappa shape index (κ3) is 3.01. The van der Waals surface area contributed by atoms with Crippen molar-refractivity contribution >= 4 is 17.2 Å². The fraction of sp³-hybridized carbons (Fsp3) is 0.217. The summed E-state index contributed by atoms with van der Waals surface area (Å²) in [5, 5.41) is 0. The highest BCUT2D eigenvalue weighted by Gasteiger charge is 2.25. The van der Waals surface area contributed by atoms with Crippen molar-refractivity contribution in [3.8, 4) is 17.0 Å². The molecule has 0 bridgehead atoms. The normalized spacial score (nSPS) is 13.6. The molecule has 0 unspecified atom stereocenters. The Morgan fingerprint density at radius 1 is 1.07 bits per heavy atom. The molecule has 1 aliphatic rings. The maximum Gasteiger partial charge on any atom is 0.212 e. The maximum absolute atomic E-state index is 14.0. The predicted molar refractivity (Wildman–Crippen MR) is 111 cm³/mol. The Balaban J connectivity index is 1.66. The van der Waals surface area contributed by atoms with E-state index in [0.29, 0.717) is 5.88 Å². The number of nitrogens with zero attached hydrogens (tertiary/aromatic N) is 4. The van der Waals surface area contributed by atoms with E-state index >= 15 is 0 Å². The smallest absolute Gasteiger partial charge is 0.212 e. The molecule has 5 nitrogen and oxygen atoms in total. The largest absolute Gasteiger partial charge is 0.481 e. The highest BCUT2D eigenvalue weighted by atomic mass is 19.1. The summed E-state index contributed by atoms with van der Waals surface area (Å²) >= 11 is 0. The molecular formula is C23H21FN4O. The number of aryl methyl sites for hydroxylation is 2. The van der Waals surface area contributed by atoms with Crippen LogP contribution in [0.1, 0.15) is 17.7 Å². The van der Waals surface area contributed by atoms with Crippen LogP contribution in [0, 0.1) is 12.7 Å². The van der Waals surface area contributed by atoms with Crippen LogP contribution in [0.15, 0.2) is 54.9 Å². The van der Waals surface area contributed by atoms with E-state index in [1.54, 1.807) is 19.4 Å². The lowest BCUT2D eigenvalue weighted by Gasteiger charge is -2.30. The van der Waals surface area contributed by atoms with E-state index in [2.05, 4.69) is 26.5 Å². The highest BCUT2D eigenvalue weighted by Crippen LogP contribution is 2.37. The van der Waals surface area contributed by atoms with Crippen LogP contribution in [0.5, 0.6) is 5.88 Å². The molecule has 0 amide bonds. The van der Waals surface area contributed by atoms with E-state index in [4.69, 9.17) is 9.72 Å². The van der Waals surface area contributed by atoms with Gasteiger partial charge in [-0.05, 0) is 55.7 Å². The molecule has 4 aromatic rings.